The highest BCUT2D eigenvalue weighted by Crippen LogP contribution is 2.34. The molecule has 1 heterocycles. The molecule has 0 aliphatic rings. The fourth-order valence-electron chi connectivity index (χ4n) is 4.06. The van der Waals surface area contributed by atoms with E-state index in [1.165, 1.54) is 5.56 Å². The molecule has 1 atom stereocenters. The number of hydrogen-bond donors (Lipinski definition) is 3. The van der Waals surface area contributed by atoms with Crippen molar-refractivity contribution < 1.29 is 19.4 Å². The molecule has 35 heavy (non-hydrogen) atoms. The molecule has 0 aliphatic heterocycles. The molecule has 4 aromatic rings. The molecule has 1 aromatic heterocycles. The van der Waals surface area contributed by atoms with Crippen molar-refractivity contribution in [3.63, 3.8) is 0 Å². The maximum absolute atomic E-state index is 12.0. The maximum atomic E-state index is 12.0. The van der Waals surface area contributed by atoms with E-state index < -0.39 is 12.0 Å². The van der Waals surface area contributed by atoms with E-state index in [4.69, 9.17) is 9.47 Å². The number of aromatic nitrogens is 1. The van der Waals surface area contributed by atoms with Crippen LogP contribution in [0.3, 0.4) is 0 Å². The quantitative estimate of drug-likeness (QED) is 0.219. The van der Waals surface area contributed by atoms with Crippen LogP contribution in [0.2, 0.25) is 0 Å². The minimum atomic E-state index is -0.894. The molecule has 4 rings (SSSR count). The standard InChI is InChI=1S/C28H29BrN2O4/c1-3-34-26-13-21(23(29)14-27(26)35-17-19-8-6-7-18(2)11-19)16-31-25(28(32)33)12-20-15-30-24-10-5-4-9-22(20)24/h4-11,13-15,25,30-31H,3,12,16-17H2,1-2H3,(H,32,33). The average molecular weight is 537 g/mol. The summed E-state index contributed by atoms with van der Waals surface area (Å²) in [5.41, 5.74) is 5.11. The Labute approximate surface area is 213 Å². The van der Waals surface area contributed by atoms with Crippen molar-refractivity contribution in [3.8, 4) is 11.5 Å². The summed E-state index contributed by atoms with van der Waals surface area (Å²) in [7, 11) is 0. The van der Waals surface area contributed by atoms with Gasteiger partial charge in [0.05, 0.1) is 6.61 Å². The number of aliphatic carboxylic acids is 1. The number of aryl methyl sites for hydroxylation is 1. The number of benzene rings is 3. The van der Waals surface area contributed by atoms with Gasteiger partial charge in [0, 0.05) is 34.5 Å². The molecule has 0 aliphatic carbocycles. The highest BCUT2D eigenvalue weighted by molar-refractivity contribution is 9.10. The first-order valence-corrected chi connectivity index (χ1v) is 12.4. The Hall–Kier alpha value is -3.29. The molecule has 182 valence electrons. The summed E-state index contributed by atoms with van der Waals surface area (Å²) in [5.74, 6) is 0.371. The van der Waals surface area contributed by atoms with Gasteiger partial charge in [-0.1, -0.05) is 64.0 Å². The number of aromatic amines is 1. The number of nitrogens with one attached hydrogen (secondary N) is 2. The summed E-state index contributed by atoms with van der Waals surface area (Å²) in [6.07, 6.45) is 2.25. The first-order chi connectivity index (χ1) is 16.9. The third-order valence-electron chi connectivity index (χ3n) is 5.83. The van der Waals surface area contributed by atoms with Crippen LogP contribution in [0.4, 0.5) is 0 Å². The van der Waals surface area contributed by atoms with Gasteiger partial charge in [0.1, 0.15) is 12.6 Å². The molecule has 1 unspecified atom stereocenters. The second-order valence-electron chi connectivity index (χ2n) is 8.44. The van der Waals surface area contributed by atoms with E-state index >= 15 is 0 Å². The number of H-pyrrole nitrogens is 1. The molecule has 0 spiro atoms. The van der Waals surface area contributed by atoms with Crippen molar-refractivity contribution in [2.45, 2.75) is 39.5 Å². The highest BCUT2D eigenvalue weighted by Gasteiger charge is 2.20. The minimum absolute atomic E-state index is 0.359. The van der Waals surface area contributed by atoms with E-state index in [9.17, 15) is 9.90 Å². The molecule has 0 saturated carbocycles. The monoisotopic (exact) mass is 536 g/mol. The van der Waals surface area contributed by atoms with E-state index in [0.29, 0.717) is 37.7 Å². The Balaban J connectivity index is 1.48. The number of ether oxygens (including phenoxy) is 2. The van der Waals surface area contributed by atoms with Gasteiger partial charge in [-0.05, 0) is 48.7 Å². The van der Waals surface area contributed by atoms with Crippen molar-refractivity contribution in [1.29, 1.82) is 0 Å². The third kappa shape index (κ3) is 6.24. The smallest absolute Gasteiger partial charge is 0.321 e. The van der Waals surface area contributed by atoms with Gasteiger partial charge in [-0.15, -0.1) is 0 Å². The number of carboxylic acids is 1. The predicted molar refractivity (Wildman–Crippen MR) is 141 cm³/mol. The predicted octanol–water partition coefficient (Wildman–Crippen LogP) is 6.00. The van der Waals surface area contributed by atoms with E-state index in [-0.39, 0.29) is 0 Å². The number of carboxylic acid groups (broad SMARTS) is 1. The zero-order chi connectivity index (χ0) is 24.8. The lowest BCUT2D eigenvalue weighted by atomic mass is 10.0. The molecular formula is C28H29BrN2O4. The fourth-order valence-corrected chi connectivity index (χ4v) is 4.52. The van der Waals surface area contributed by atoms with Crippen molar-refractivity contribution >= 4 is 32.8 Å². The first-order valence-electron chi connectivity index (χ1n) is 11.6. The zero-order valence-electron chi connectivity index (χ0n) is 19.8. The van der Waals surface area contributed by atoms with Crippen LogP contribution in [0.5, 0.6) is 11.5 Å². The van der Waals surface area contributed by atoms with Crippen LogP contribution in [0, 0.1) is 6.92 Å². The second-order valence-corrected chi connectivity index (χ2v) is 9.29. The Bertz CT molecular complexity index is 1320. The van der Waals surface area contributed by atoms with Crippen LogP contribution in [-0.2, 0) is 24.4 Å². The van der Waals surface area contributed by atoms with Gasteiger partial charge in [0.2, 0.25) is 0 Å². The number of hydrogen-bond acceptors (Lipinski definition) is 4. The Morgan fingerprint density at radius 3 is 2.63 bits per heavy atom. The Morgan fingerprint density at radius 2 is 1.86 bits per heavy atom. The van der Waals surface area contributed by atoms with Gasteiger partial charge in [-0.3, -0.25) is 10.1 Å². The molecular weight excluding hydrogens is 508 g/mol. The number of fused-ring (bicyclic) bond motifs is 1. The summed E-state index contributed by atoms with van der Waals surface area (Å²) in [5, 5.41) is 14.1. The summed E-state index contributed by atoms with van der Waals surface area (Å²) in [4.78, 5) is 15.2. The van der Waals surface area contributed by atoms with Gasteiger partial charge >= 0.3 is 5.97 Å². The van der Waals surface area contributed by atoms with E-state index in [2.05, 4.69) is 45.3 Å². The van der Waals surface area contributed by atoms with E-state index in [1.807, 2.05) is 61.7 Å². The Kier molecular flexibility index (Phi) is 8.10. The lowest BCUT2D eigenvalue weighted by molar-refractivity contribution is -0.139. The second kappa shape index (κ2) is 11.4. The molecule has 0 bridgehead atoms. The van der Waals surface area contributed by atoms with Gasteiger partial charge in [-0.25, -0.2) is 0 Å². The van der Waals surface area contributed by atoms with Gasteiger partial charge in [0.25, 0.3) is 0 Å². The number of rotatable bonds is 11. The molecule has 0 amide bonds. The number of para-hydroxylation sites is 1. The van der Waals surface area contributed by atoms with Crippen LogP contribution in [0.15, 0.2) is 71.3 Å². The first kappa shape index (κ1) is 24.8. The average Bonchev–Trinajstić information content (AvgIpc) is 3.25. The van der Waals surface area contributed by atoms with Crippen LogP contribution < -0.4 is 14.8 Å². The summed E-state index contributed by atoms with van der Waals surface area (Å²) < 4.78 is 12.7. The van der Waals surface area contributed by atoms with Crippen LogP contribution in [0.1, 0.15) is 29.2 Å². The number of carbonyl (C=O) groups is 1. The topological polar surface area (TPSA) is 83.6 Å². The summed E-state index contributed by atoms with van der Waals surface area (Å²) in [6, 6.07) is 19.1. The lowest BCUT2D eigenvalue weighted by Crippen LogP contribution is -2.38. The summed E-state index contributed by atoms with van der Waals surface area (Å²) in [6.45, 7) is 5.26. The van der Waals surface area contributed by atoms with Gasteiger partial charge in [0.15, 0.2) is 11.5 Å². The lowest BCUT2D eigenvalue weighted by Gasteiger charge is -2.18. The minimum Gasteiger partial charge on any atom is -0.490 e. The molecule has 6 nitrogen and oxygen atoms in total. The molecule has 0 fully saturated rings. The van der Waals surface area contributed by atoms with E-state index in [1.54, 1.807) is 0 Å². The van der Waals surface area contributed by atoms with Crippen molar-refractivity contribution in [2.24, 2.45) is 0 Å². The van der Waals surface area contributed by atoms with Crippen molar-refractivity contribution in [1.82, 2.24) is 10.3 Å². The van der Waals surface area contributed by atoms with Gasteiger partial charge in [-0.2, -0.15) is 0 Å². The zero-order valence-corrected chi connectivity index (χ0v) is 21.4. The SMILES string of the molecule is CCOc1cc(CNC(Cc2c[nH]c3ccccc23)C(=O)O)c(Br)cc1OCc1cccc(C)c1. The van der Waals surface area contributed by atoms with Crippen molar-refractivity contribution in [2.75, 3.05) is 6.61 Å². The number of halogens is 1. The third-order valence-corrected chi connectivity index (χ3v) is 6.56. The highest BCUT2D eigenvalue weighted by atomic mass is 79.9. The molecule has 7 heteroatoms. The van der Waals surface area contributed by atoms with E-state index in [0.717, 1.165) is 32.1 Å². The largest absolute Gasteiger partial charge is 0.490 e. The fraction of sp³-hybridized carbons (Fsp3) is 0.250. The normalized spacial score (nSPS) is 12.0. The van der Waals surface area contributed by atoms with Crippen LogP contribution >= 0.6 is 15.9 Å². The molecule has 0 saturated heterocycles. The van der Waals surface area contributed by atoms with Crippen LogP contribution in [-0.4, -0.2) is 28.7 Å². The molecule has 0 radical (unpaired) electrons. The maximum Gasteiger partial charge on any atom is 0.321 e. The Morgan fingerprint density at radius 1 is 1.06 bits per heavy atom. The summed E-state index contributed by atoms with van der Waals surface area (Å²) >= 11 is 3.62. The van der Waals surface area contributed by atoms with Crippen molar-refractivity contribution in [3.05, 3.63) is 93.6 Å². The molecule has 3 N–H and O–H groups in total. The van der Waals surface area contributed by atoms with Crippen LogP contribution in [0.25, 0.3) is 10.9 Å². The molecule has 3 aromatic carbocycles. The van der Waals surface area contributed by atoms with Gasteiger partial charge < -0.3 is 19.6 Å².